The first-order chi connectivity index (χ1) is 18.9. The van der Waals surface area contributed by atoms with Crippen LogP contribution in [0.15, 0.2) is 91.0 Å². The smallest absolute Gasteiger partial charge is 0.329 e. The predicted octanol–water partition coefficient (Wildman–Crippen LogP) is 4.25. The number of carboxylic acids is 1. The summed E-state index contributed by atoms with van der Waals surface area (Å²) in [5.74, 6) is -1.19. The number of rotatable bonds is 7. The van der Waals surface area contributed by atoms with Gasteiger partial charge >= 0.3 is 12.0 Å². The Morgan fingerprint density at radius 3 is 1.90 bits per heavy atom. The van der Waals surface area contributed by atoms with Gasteiger partial charge in [0.2, 0.25) is 5.91 Å². The number of hydrogen-bond donors (Lipinski definition) is 1. The fourth-order valence-electron chi connectivity index (χ4n) is 5.94. The van der Waals surface area contributed by atoms with E-state index >= 15 is 0 Å². The molecule has 4 atom stereocenters. The summed E-state index contributed by atoms with van der Waals surface area (Å²) in [5.41, 5.74) is 2.35. The first kappa shape index (κ1) is 26.4. The van der Waals surface area contributed by atoms with Crippen LogP contribution >= 0.6 is 0 Å². The molecular formula is C31H34N4O4. The van der Waals surface area contributed by atoms with Gasteiger partial charge in [-0.05, 0) is 63.2 Å². The van der Waals surface area contributed by atoms with Crippen molar-refractivity contribution in [3.63, 3.8) is 0 Å². The number of likely N-dealkylation sites (N-methyl/N-ethyl adjacent to an activating group) is 1. The molecule has 2 fully saturated rings. The molecule has 1 N–H and O–H groups in total. The average Bonchev–Trinajstić information content (AvgIpc) is 3.25. The third-order valence-corrected chi connectivity index (χ3v) is 7.81. The molecule has 3 aromatic carbocycles. The SMILES string of the molecule is CN(C)[C@H](Cc1ccccc1)C(=O)N1[C@H]2CC[C@@H]1[C@@H](C(=O)O)N(C(=O)N(c1ccccc1)c1ccccc1)C2. The second-order valence-electron chi connectivity index (χ2n) is 10.4. The first-order valence-electron chi connectivity index (χ1n) is 13.3. The Hall–Kier alpha value is -4.17. The molecule has 3 aromatic rings. The lowest BCUT2D eigenvalue weighted by molar-refractivity contribution is -0.153. The fraction of sp³-hybridized carbons (Fsp3) is 0.323. The highest BCUT2D eigenvalue weighted by molar-refractivity contribution is 6.01. The molecule has 2 bridgehead atoms. The molecule has 0 spiro atoms. The van der Waals surface area contributed by atoms with Gasteiger partial charge in [0.1, 0.15) is 0 Å². The van der Waals surface area contributed by atoms with E-state index in [1.807, 2.05) is 110 Å². The first-order valence-corrected chi connectivity index (χ1v) is 13.3. The van der Waals surface area contributed by atoms with Crippen LogP contribution in [0.5, 0.6) is 0 Å². The minimum Gasteiger partial charge on any atom is -0.480 e. The van der Waals surface area contributed by atoms with E-state index in [1.54, 1.807) is 9.80 Å². The van der Waals surface area contributed by atoms with Crippen molar-refractivity contribution in [1.82, 2.24) is 14.7 Å². The lowest BCUT2D eigenvalue weighted by Gasteiger charge is -2.47. The van der Waals surface area contributed by atoms with Gasteiger partial charge in [0.15, 0.2) is 6.04 Å². The van der Waals surface area contributed by atoms with Crippen molar-refractivity contribution in [2.75, 3.05) is 25.5 Å². The van der Waals surface area contributed by atoms with Gasteiger partial charge in [-0.3, -0.25) is 14.6 Å². The van der Waals surface area contributed by atoms with Crippen molar-refractivity contribution in [2.24, 2.45) is 0 Å². The number of para-hydroxylation sites is 2. The Balaban J connectivity index is 1.46. The Bertz CT molecular complexity index is 1260. The zero-order chi connectivity index (χ0) is 27.5. The number of urea groups is 1. The van der Waals surface area contributed by atoms with Crippen molar-refractivity contribution in [3.05, 3.63) is 96.6 Å². The number of anilines is 2. The fourth-order valence-corrected chi connectivity index (χ4v) is 5.94. The number of carbonyl (C=O) groups excluding carboxylic acids is 2. The van der Waals surface area contributed by atoms with Gasteiger partial charge in [-0.25, -0.2) is 9.59 Å². The Morgan fingerprint density at radius 1 is 0.846 bits per heavy atom. The number of nitrogens with zero attached hydrogens (tertiary/aromatic N) is 4. The molecule has 0 unspecified atom stereocenters. The van der Waals surface area contributed by atoms with Gasteiger partial charge in [-0.2, -0.15) is 0 Å². The van der Waals surface area contributed by atoms with Crippen LogP contribution in [0, 0.1) is 0 Å². The van der Waals surface area contributed by atoms with Crippen LogP contribution in [-0.2, 0) is 16.0 Å². The van der Waals surface area contributed by atoms with Gasteiger partial charge in [-0.15, -0.1) is 0 Å². The Kier molecular flexibility index (Phi) is 7.65. The number of carbonyl (C=O) groups is 3. The highest BCUT2D eigenvalue weighted by Crippen LogP contribution is 2.38. The zero-order valence-corrected chi connectivity index (χ0v) is 22.3. The Labute approximate surface area is 229 Å². The number of likely N-dealkylation sites (tertiary alicyclic amines) is 1. The lowest BCUT2D eigenvalue weighted by Crippen LogP contribution is -2.68. The van der Waals surface area contributed by atoms with Crippen LogP contribution in [0.2, 0.25) is 0 Å². The van der Waals surface area contributed by atoms with Crippen LogP contribution in [-0.4, -0.2) is 82.5 Å². The summed E-state index contributed by atoms with van der Waals surface area (Å²) in [5, 5.41) is 10.4. The molecule has 0 aliphatic carbocycles. The number of aliphatic carboxylic acids is 1. The molecule has 39 heavy (non-hydrogen) atoms. The molecule has 2 heterocycles. The monoisotopic (exact) mass is 526 g/mol. The summed E-state index contributed by atoms with van der Waals surface area (Å²) in [4.78, 5) is 47.6. The Morgan fingerprint density at radius 2 is 1.38 bits per heavy atom. The number of carboxylic acid groups (broad SMARTS) is 1. The van der Waals surface area contributed by atoms with Crippen LogP contribution in [0.3, 0.4) is 0 Å². The molecule has 3 amide bonds. The van der Waals surface area contributed by atoms with Gasteiger partial charge in [0.05, 0.1) is 23.5 Å². The third-order valence-electron chi connectivity index (χ3n) is 7.81. The molecular weight excluding hydrogens is 492 g/mol. The predicted molar refractivity (Wildman–Crippen MR) is 150 cm³/mol. The quantitative estimate of drug-likeness (QED) is 0.498. The topological polar surface area (TPSA) is 84.4 Å². The largest absolute Gasteiger partial charge is 0.480 e. The van der Waals surface area contributed by atoms with E-state index < -0.39 is 30.1 Å². The molecule has 2 saturated heterocycles. The van der Waals surface area contributed by atoms with Gasteiger partial charge in [-0.1, -0.05) is 66.7 Å². The molecule has 202 valence electrons. The van der Waals surface area contributed by atoms with Gasteiger partial charge < -0.3 is 14.9 Å². The van der Waals surface area contributed by atoms with Gasteiger partial charge in [0.25, 0.3) is 0 Å². The highest BCUT2D eigenvalue weighted by Gasteiger charge is 2.54. The molecule has 2 aliphatic heterocycles. The summed E-state index contributed by atoms with van der Waals surface area (Å²) in [7, 11) is 3.75. The number of piperazine rings is 1. The lowest BCUT2D eigenvalue weighted by atomic mass is 9.99. The zero-order valence-electron chi connectivity index (χ0n) is 22.3. The van der Waals surface area contributed by atoms with Crippen molar-refractivity contribution >= 4 is 29.3 Å². The maximum absolute atomic E-state index is 14.2. The van der Waals surface area contributed by atoms with Crippen LogP contribution in [0.4, 0.5) is 16.2 Å². The maximum atomic E-state index is 14.2. The summed E-state index contributed by atoms with van der Waals surface area (Å²) in [6.45, 7) is 0.166. The highest BCUT2D eigenvalue weighted by atomic mass is 16.4. The van der Waals surface area contributed by atoms with E-state index in [0.29, 0.717) is 30.6 Å². The standard InChI is InChI=1S/C31H34N4O4/c1-32(2)27(20-22-12-6-3-7-13-22)29(36)35-25-18-19-26(35)28(30(37)38)33(21-25)31(39)34(23-14-8-4-9-15-23)24-16-10-5-11-17-24/h3-17,25-28H,18-21H2,1-2H3,(H,37,38)/t25-,26+,27+,28-/m0/s1. The summed E-state index contributed by atoms with van der Waals surface area (Å²) >= 11 is 0. The van der Waals surface area contributed by atoms with Crippen molar-refractivity contribution < 1.29 is 19.5 Å². The third kappa shape index (κ3) is 5.25. The van der Waals surface area contributed by atoms with Crippen LogP contribution in [0.1, 0.15) is 18.4 Å². The van der Waals surface area contributed by atoms with E-state index in [9.17, 15) is 19.5 Å². The van der Waals surface area contributed by atoms with Crippen LogP contribution in [0.25, 0.3) is 0 Å². The summed E-state index contributed by atoms with van der Waals surface area (Å²) in [6, 6.07) is 25.5. The number of fused-ring (bicyclic) bond motifs is 2. The molecule has 5 rings (SSSR count). The molecule has 2 aliphatic rings. The summed E-state index contributed by atoms with van der Waals surface area (Å²) in [6.07, 6.45) is 1.73. The van der Waals surface area contributed by atoms with Crippen molar-refractivity contribution in [3.8, 4) is 0 Å². The molecule has 0 aromatic heterocycles. The van der Waals surface area contributed by atoms with E-state index in [2.05, 4.69) is 0 Å². The summed E-state index contributed by atoms with van der Waals surface area (Å²) < 4.78 is 0. The number of amides is 3. The molecule has 8 heteroatoms. The van der Waals surface area contributed by atoms with E-state index in [0.717, 1.165) is 5.56 Å². The maximum Gasteiger partial charge on any atom is 0.329 e. The minimum absolute atomic E-state index is 0.0855. The number of hydrogen-bond acceptors (Lipinski definition) is 4. The second-order valence-corrected chi connectivity index (χ2v) is 10.4. The van der Waals surface area contributed by atoms with E-state index in [4.69, 9.17) is 0 Å². The molecule has 8 nitrogen and oxygen atoms in total. The minimum atomic E-state index is -1.14. The molecule has 0 saturated carbocycles. The second kappa shape index (κ2) is 11.3. The van der Waals surface area contributed by atoms with Crippen molar-refractivity contribution in [2.45, 2.75) is 43.4 Å². The van der Waals surface area contributed by atoms with E-state index in [1.165, 1.54) is 4.90 Å². The van der Waals surface area contributed by atoms with Gasteiger partial charge in [0, 0.05) is 12.6 Å². The van der Waals surface area contributed by atoms with Crippen molar-refractivity contribution in [1.29, 1.82) is 0 Å². The average molecular weight is 527 g/mol. The normalized spacial score (nSPS) is 21.1. The molecule has 0 radical (unpaired) electrons. The van der Waals surface area contributed by atoms with Crippen LogP contribution < -0.4 is 4.90 Å². The van der Waals surface area contributed by atoms with E-state index in [-0.39, 0.29) is 18.5 Å². The number of benzene rings is 3.